The molecule has 0 radical (unpaired) electrons. The number of hydrogen-bond donors (Lipinski definition) is 0. The van der Waals surface area contributed by atoms with Crippen molar-refractivity contribution in [1.29, 1.82) is 0 Å². The lowest BCUT2D eigenvalue weighted by atomic mass is 10.0. The molecule has 0 spiro atoms. The topological polar surface area (TPSA) is 68.2 Å². The minimum atomic E-state index is -0.442. The molecule has 3 aromatic carbocycles. The first-order chi connectivity index (χ1) is 17.1. The van der Waals surface area contributed by atoms with E-state index in [1.54, 1.807) is 30.5 Å². The summed E-state index contributed by atoms with van der Waals surface area (Å²) >= 11 is 0. The molecule has 0 bridgehead atoms. The van der Waals surface area contributed by atoms with Gasteiger partial charge >= 0.3 is 0 Å². The van der Waals surface area contributed by atoms with E-state index in [1.165, 1.54) is 12.1 Å². The lowest BCUT2D eigenvalue weighted by molar-refractivity contribution is 0.0996. The number of anilines is 1. The molecule has 6 nitrogen and oxygen atoms in total. The fraction of sp³-hybridized carbons (Fsp3) is 0.0714. The van der Waals surface area contributed by atoms with Crippen LogP contribution in [0.25, 0.3) is 33.4 Å². The van der Waals surface area contributed by atoms with Crippen LogP contribution in [0.3, 0.4) is 0 Å². The van der Waals surface area contributed by atoms with Gasteiger partial charge in [-0.2, -0.15) is 0 Å². The zero-order valence-electron chi connectivity index (χ0n) is 18.8. The third-order valence-electron chi connectivity index (χ3n) is 6.13. The van der Waals surface area contributed by atoms with E-state index < -0.39 is 5.82 Å². The molecule has 170 valence electrons. The predicted molar refractivity (Wildman–Crippen MR) is 132 cm³/mol. The average molecular weight is 462 g/mol. The van der Waals surface area contributed by atoms with Crippen LogP contribution in [0.15, 0.2) is 85.2 Å². The minimum absolute atomic E-state index is 0.288. The molecule has 0 N–H and O–H groups in total. The maximum absolute atomic E-state index is 13.9. The molecule has 0 saturated carbocycles. The number of ether oxygens (including phenoxy) is 1. The van der Waals surface area contributed by atoms with Crippen LogP contribution >= 0.6 is 0 Å². The van der Waals surface area contributed by atoms with E-state index in [4.69, 9.17) is 14.7 Å². The fourth-order valence-corrected chi connectivity index (χ4v) is 4.37. The van der Waals surface area contributed by atoms with Gasteiger partial charge < -0.3 is 4.74 Å². The Kier molecular flexibility index (Phi) is 4.95. The highest BCUT2D eigenvalue weighted by Crippen LogP contribution is 2.36. The number of hydrogen-bond acceptors (Lipinski definition) is 5. The van der Waals surface area contributed by atoms with Crippen molar-refractivity contribution in [2.24, 2.45) is 0 Å². The van der Waals surface area contributed by atoms with E-state index >= 15 is 0 Å². The summed E-state index contributed by atoms with van der Waals surface area (Å²) in [7, 11) is 1.63. The fourth-order valence-electron chi connectivity index (χ4n) is 4.37. The van der Waals surface area contributed by atoms with Gasteiger partial charge in [0.15, 0.2) is 5.82 Å². The highest BCUT2D eigenvalue weighted by Gasteiger charge is 2.31. The molecule has 0 saturated heterocycles. The Labute approximate surface area is 200 Å². The molecular formula is C28H19FN4O2. The zero-order valence-corrected chi connectivity index (χ0v) is 18.8. The van der Waals surface area contributed by atoms with Crippen molar-refractivity contribution in [2.75, 3.05) is 12.0 Å². The highest BCUT2D eigenvalue weighted by molar-refractivity contribution is 6.13. The molecule has 1 aliphatic heterocycles. The van der Waals surface area contributed by atoms with E-state index in [9.17, 15) is 9.18 Å². The number of fused-ring (bicyclic) bond motifs is 2. The van der Waals surface area contributed by atoms with Crippen LogP contribution in [0, 0.1) is 5.82 Å². The Balaban J connectivity index is 1.55. The molecule has 6 rings (SSSR count). The maximum atomic E-state index is 13.9. The Bertz CT molecular complexity index is 1600. The van der Waals surface area contributed by atoms with E-state index in [0.717, 1.165) is 33.4 Å². The first-order valence-corrected chi connectivity index (χ1v) is 11.1. The number of methoxy groups -OCH3 is 1. The number of pyridine rings is 1. The smallest absolute Gasteiger partial charge is 0.260 e. The standard InChI is InChI=1S/C28H19FN4O2/c1-35-22-6-2-4-17(12-22)18-8-10-25-24(13-18)27(32-26(31-25)19-5-3-11-30-15-19)33-16-20-7-9-21(29)14-23(20)28(33)34/h2-15H,16H2,1H3. The van der Waals surface area contributed by atoms with Crippen molar-refractivity contribution in [3.05, 3.63) is 102 Å². The van der Waals surface area contributed by atoms with Gasteiger partial charge in [-0.1, -0.05) is 24.3 Å². The third kappa shape index (κ3) is 3.67. The van der Waals surface area contributed by atoms with E-state index in [1.807, 2.05) is 54.6 Å². The molecule has 0 atom stereocenters. The molecule has 7 heteroatoms. The van der Waals surface area contributed by atoms with Crippen molar-refractivity contribution in [2.45, 2.75) is 6.54 Å². The number of halogens is 1. The van der Waals surface area contributed by atoms with E-state index in [2.05, 4.69) is 4.98 Å². The van der Waals surface area contributed by atoms with Crippen LogP contribution in [-0.2, 0) is 6.54 Å². The van der Waals surface area contributed by atoms with Crippen molar-refractivity contribution < 1.29 is 13.9 Å². The average Bonchev–Trinajstić information content (AvgIpc) is 3.23. The molecule has 1 aliphatic rings. The van der Waals surface area contributed by atoms with Gasteiger partial charge in [0.1, 0.15) is 17.4 Å². The van der Waals surface area contributed by atoms with Crippen LogP contribution in [-0.4, -0.2) is 28.0 Å². The van der Waals surface area contributed by atoms with Crippen molar-refractivity contribution >= 4 is 22.6 Å². The quantitative estimate of drug-likeness (QED) is 0.344. The van der Waals surface area contributed by atoms with Crippen LogP contribution in [0.5, 0.6) is 5.75 Å². The van der Waals surface area contributed by atoms with Crippen LogP contribution < -0.4 is 9.64 Å². The zero-order chi connectivity index (χ0) is 23.9. The summed E-state index contributed by atoms with van der Waals surface area (Å²) in [5, 5.41) is 0.722. The Morgan fingerprint density at radius 3 is 2.60 bits per heavy atom. The summed E-state index contributed by atoms with van der Waals surface area (Å²) < 4.78 is 19.3. The Hall–Kier alpha value is -4.65. The third-order valence-corrected chi connectivity index (χ3v) is 6.13. The van der Waals surface area contributed by atoms with Gasteiger partial charge in [-0.25, -0.2) is 14.4 Å². The van der Waals surface area contributed by atoms with Gasteiger partial charge in [-0.05, 0) is 65.2 Å². The number of benzene rings is 3. The molecular weight excluding hydrogens is 443 g/mol. The van der Waals surface area contributed by atoms with Gasteiger partial charge in [0.05, 0.1) is 19.2 Å². The maximum Gasteiger partial charge on any atom is 0.260 e. The van der Waals surface area contributed by atoms with Gasteiger partial charge in [-0.3, -0.25) is 14.7 Å². The molecule has 0 fully saturated rings. The number of aromatic nitrogens is 3. The Morgan fingerprint density at radius 1 is 0.914 bits per heavy atom. The van der Waals surface area contributed by atoms with Crippen LogP contribution in [0.4, 0.5) is 10.2 Å². The number of carbonyl (C=O) groups is 1. The van der Waals surface area contributed by atoms with Crippen LogP contribution in [0.1, 0.15) is 15.9 Å². The Morgan fingerprint density at radius 2 is 1.77 bits per heavy atom. The van der Waals surface area contributed by atoms with Gasteiger partial charge in [-0.15, -0.1) is 0 Å². The lowest BCUT2D eigenvalue weighted by Crippen LogP contribution is -2.24. The summed E-state index contributed by atoms with van der Waals surface area (Å²) in [6, 6.07) is 21.6. The van der Waals surface area contributed by atoms with E-state index in [-0.39, 0.29) is 5.91 Å². The summed E-state index contributed by atoms with van der Waals surface area (Å²) in [6.45, 7) is 0.302. The highest BCUT2D eigenvalue weighted by atomic mass is 19.1. The number of nitrogens with zero attached hydrogens (tertiary/aromatic N) is 4. The molecule has 0 aliphatic carbocycles. The number of carbonyl (C=O) groups excluding carboxylic acids is 1. The minimum Gasteiger partial charge on any atom is -0.497 e. The summed E-state index contributed by atoms with van der Waals surface area (Å²) in [4.78, 5) is 28.7. The summed E-state index contributed by atoms with van der Waals surface area (Å²) in [5.74, 6) is 0.953. The lowest BCUT2D eigenvalue weighted by Gasteiger charge is -2.18. The van der Waals surface area contributed by atoms with E-state index in [0.29, 0.717) is 29.3 Å². The second kappa shape index (κ2) is 8.29. The normalized spacial score (nSPS) is 12.7. The SMILES string of the molecule is COc1cccc(-c2ccc3nc(-c4cccnc4)nc(N4Cc5ccc(F)cc5C4=O)c3c2)c1. The molecule has 2 aromatic heterocycles. The molecule has 5 aromatic rings. The monoisotopic (exact) mass is 462 g/mol. The number of amides is 1. The summed E-state index contributed by atoms with van der Waals surface area (Å²) in [6.07, 6.45) is 3.37. The van der Waals surface area contributed by atoms with Crippen molar-refractivity contribution in [3.63, 3.8) is 0 Å². The first kappa shape index (κ1) is 20.9. The largest absolute Gasteiger partial charge is 0.497 e. The molecule has 3 heterocycles. The van der Waals surface area contributed by atoms with Gasteiger partial charge in [0.2, 0.25) is 0 Å². The molecule has 35 heavy (non-hydrogen) atoms. The van der Waals surface area contributed by atoms with Crippen molar-refractivity contribution in [3.8, 4) is 28.3 Å². The summed E-state index contributed by atoms with van der Waals surface area (Å²) in [5.41, 5.74) is 4.44. The molecule has 1 amide bonds. The predicted octanol–water partition coefficient (Wildman–Crippen LogP) is 5.67. The molecule has 0 unspecified atom stereocenters. The second-order valence-corrected chi connectivity index (χ2v) is 8.27. The van der Waals surface area contributed by atoms with Gasteiger partial charge in [0, 0.05) is 28.9 Å². The van der Waals surface area contributed by atoms with Gasteiger partial charge in [0.25, 0.3) is 5.91 Å². The van der Waals surface area contributed by atoms with Crippen LogP contribution in [0.2, 0.25) is 0 Å². The first-order valence-electron chi connectivity index (χ1n) is 11.1. The van der Waals surface area contributed by atoms with Crippen molar-refractivity contribution in [1.82, 2.24) is 15.0 Å². The second-order valence-electron chi connectivity index (χ2n) is 8.27. The number of rotatable bonds is 4.